The molecule has 0 aliphatic rings. The summed E-state index contributed by atoms with van der Waals surface area (Å²) >= 11 is 2.84. The standard InChI is InChI=1S/C17H22N4O2S2/c1-4-10-19-16-20-21-17(25-16)24-12(2)15(22)18-11-9-13-5-7-14(23-3)8-6-13/h4-8,12H,1,9-11H2,2-3H3,(H,18,22)(H,19,20)/t12-/m1/s1. The summed E-state index contributed by atoms with van der Waals surface area (Å²) in [7, 11) is 1.64. The number of nitrogens with zero attached hydrogens (tertiary/aromatic N) is 2. The predicted octanol–water partition coefficient (Wildman–Crippen LogP) is 2.98. The summed E-state index contributed by atoms with van der Waals surface area (Å²) in [6.45, 7) is 6.74. The minimum atomic E-state index is -0.226. The summed E-state index contributed by atoms with van der Waals surface area (Å²) in [6, 6.07) is 7.84. The number of thioether (sulfide) groups is 1. The van der Waals surface area contributed by atoms with Crippen LogP contribution in [0.25, 0.3) is 0 Å². The minimum absolute atomic E-state index is 0.00527. The number of hydrogen-bond acceptors (Lipinski definition) is 7. The van der Waals surface area contributed by atoms with Gasteiger partial charge in [0.1, 0.15) is 5.75 Å². The largest absolute Gasteiger partial charge is 0.497 e. The molecule has 6 nitrogen and oxygen atoms in total. The Morgan fingerprint density at radius 3 is 2.84 bits per heavy atom. The summed E-state index contributed by atoms with van der Waals surface area (Å²) < 4.78 is 5.90. The molecular weight excluding hydrogens is 356 g/mol. The van der Waals surface area contributed by atoms with Gasteiger partial charge in [-0.1, -0.05) is 41.3 Å². The predicted molar refractivity (Wildman–Crippen MR) is 104 cm³/mol. The van der Waals surface area contributed by atoms with Crippen LogP contribution in [0.1, 0.15) is 12.5 Å². The average Bonchev–Trinajstić information content (AvgIpc) is 3.07. The molecule has 2 aromatic rings. The van der Waals surface area contributed by atoms with Crippen LogP contribution in [0.2, 0.25) is 0 Å². The second-order valence-corrected chi connectivity index (χ2v) is 7.76. The van der Waals surface area contributed by atoms with Gasteiger partial charge < -0.3 is 15.4 Å². The zero-order valence-electron chi connectivity index (χ0n) is 14.3. The van der Waals surface area contributed by atoms with Gasteiger partial charge in [-0.25, -0.2) is 0 Å². The highest BCUT2D eigenvalue weighted by atomic mass is 32.2. The number of aromatic nitrogens is 2. The number of nitrogens with one attached hydrogen (secondary N) is 2. The molecule has 1 heterocycles. The molecule has 0 aliphatic carbocycles. The zero-order chi connectivity index (χ0) is 18.1. The van der Waals surface area contributed by atoms with E-state index in [2.05, 4.69) is 27.4 Å². The molecule has 2 N–H and O–H groups in total. The average molecular weight is 379 g/mol. The molecule has 1 atom stereocenters. The Hall–Kier alpha value is -2.06. The van der Waals surface area contributed by atoms with E-state index in [4.69, 9.17) is 4.74 Å². The molecule has 134 valence electrons. The third-order valence-electron chi connectivity index (χ3n) is 3.32. The van der Waals surface area contributed by atoms with Crippen molar-refractivity contribution in [2.75, 3.05) is 25.5 Å². The number of carbonyl (C=O) groups is 1. The normalized spacial score (nSPS) is 11.6. The van der Waals surface area contributed by atoms with E-state index >= 15 is 0 Å². The van der Waals surface area contributed by atoms with Gasteiger partial charge in [-0.2, -0.15) is 0 Å². The third-order valence-corrected chi connectivity index (χ3v) is 5.39. The molecule has 1 amide bonds. The molecule has 0 bridgehead atoms. The molecular formula is C17H22N4O2S2. The molecule has 1 aromatic carbocycles. The minimum Gasteiger partial charge on any atom is -0.497 e. The van der Waals surface area contributed by atoms with Crippen LogP contribution in [0.3, 0.4) is 0 Å². The van der Waals surface area contributed by atoms with Crippen molar-refractivity contribution < 1.29 is 9.53 Å². The molecule has 0 fully saturated rings. The van der Waals surface area contributed by atoms with Gasteiger partial charge >= 0.3 is 0 Å². The maximum atomic E-state index is 12.2. The topological polar surface area (TPSA) is 76.1 Å². The van der Waals surface area contributed by atoms with Crippen LogP contribution < -0.4 is 15.4 Å². The maximum absolute atomic E-state index is 12.2. The van der Waals surface area contributed by atoms with Crippen LogP contribution in [0, 0.1) is 0 Å². The van der Waals surface area contributed by atoms with E-state index in [1.807, 2.05) is 31.2 Å². The number of ether oxygens (including phenoxy) is 1. The third kappa shape index (κ3) is 6.39. The molecule has 0 unspecified atom stereocenters. The molecule has 8 heteroatoms. The van der Waals surface area contributed by atoms with Crippen LogP contribution in [0.4, 0.5) is 5.13 Å². The first-order valence-corrected chi connectivity index (χ1v) is 9.57. The van der Waals surface area contributed by atoms with E-state index in [1.165, 1.54) is 23.1 Å². The summed E-state index contributed by atoms with van der Waals surface area (Å²) in [6.07, 6.45) is 2.54. The van der Waals surface area contributed by atoms with E-state index in [9.17, 15) is 4.79 Å². The number of benzene rings is 1. The van der Waals surface area contributed by atoms with Gasteiger partial charge in [0.15, 0.2) is 4.34 Å². The number of anilines is 1. The summed E-state index contributed by atoms with van der Waals surface area (Å²) in [5.41, 5.74) is 1.16. The first-order valence-electron chi connectivity index (χ1n) is 7.88. The van der Waals surface area contributed by atoms with Crippen molar-refractivity contribution in [3.63, 3.8) is 0 Å². The van der Waals surface area contributed by atoms with E-state index < -0.39 is 0 Å². The lowest BCUT2D eigenvalue weighted by molar-refractivity contribution is -0.120. The van der Waals surface area contributed by atoms with Crippen molar-refractivity contribution in [1.82, 2.24) is 15.5 Å². The molecule has 2 rings (SSSR count). The number of amides is 1. The van der Waals surface area contributed by atoms with Crippen LogP contribution in [-0.2, 0) is 11.2 Å². The molecule has 1 aromatic heterocycles. The van der Waals surface area contributed by atoms with Gasteiger partial charge in [-0.15, -0.1) is 16.8 Å². The zero-order valence-corrected chi connectivity index (χ0v) is 16.0. The Morgan fingerprint density at radius 2 is 2.16 bits per heavy atom. The van der Waals surface area contributed by atoms with Crippen molar-refractivity contribution in [3.8, 4) is 5.75 Å². The summed E-state index contributed by atoms with van der Waals surface area (Å²) in [5.74, 6) is 0.825. The first-order chi connectivity index (χ1) is 12.1. The van der Waals surface area contributed by atoms with Crippen LogP contribution in [0.5, 0.6) is 5.75 Å². The maximum Gasteiger partial charge on any atom is 0.233 e. The molecule has 0 radical (unpaired) electrons. The number of carbonyl (C=O) groups excluding carboxylic acids is 1. The fraction of sp³-hybridized carbons (Fsp3) is 0.353. The van der Waals surface area contributed by atoms with E-state index in [0.717, 1.165) is 27.2 Å². The lowest BCUT2D eigenvalue weighted by atomic mass is 10.1. The van der Waals surface area contributed by atoms with Crippen LogP contribution >= 0.6 is 23.1 Å². The summed E-state index contributed by atoms with van der Waals surface area (Å²) in [5, 5.41) is 14.7. The number of rotatable bonds is 10. The van der Waals surface area contributed by atoms with E-state index in [-0.39, 0.29) is 11.2 Å². The fourth-order valence-corrected chi connectivity index (χ4v) is 3.89. The van der Waals surface area contributed by atoms with E-state index in [0.29, 0.717) is 13.1 Å². The van der Waals surface area contributed by atoms with Gasteiger partial charge in [0, 0.05) is 13.1 Å². The second-order valence-electron chi connectivity index (χ2n) is 5.19. The smallest absolute Gasteiger partial charge is 0.233 e. The van der Waals surface area contributed by atoms with Crippen LogP contribution in [-0.4, -0.2) is 41.6 Å². The lowest BCUT2D eigenvalue weighted by Gasteiger charge is -2.10. The molecule has 0 aliphatic heterocycles. The highest BCUT2D eigenvalue weighted by Crippen LogP contribution is 2.28. The quantitative estimate of drug-likeness (QED) is 0.489. The molecule has 0 saturated carbocycles. The first kappa shape index (κ1) is 19.3. The molecule has 25 heavy (non-hydrogen) atoms. The van der Waals surface area contributed by atoms with Crippen molar-refractivity contribution in [2.45, 2.75) is 22.9 Å². The van der Waals surface area contributed by atoms with Crippen molar-refractivity contribution in [2.24, 2.45) is 0 Å². The monoisotopic (exact) mass is 378 g/mol. The molecule has 0 saturated heterocycles. The SMILES string of the molecule is C=CCNc1nnc(S[C@H](C)C(=O)NCCc2ccc(OC)cc2)s1. The van der Waals surface area contributed by atoms with Gasteiger partial charge in [0.25, 0.3) is 0 Å². The Morgan fingerprint density at radius 1 is 1.40 bits per heavy atom. The van der Waals surface area contributed by atoms with Gasteiger partial charge in [0.2, 0.25) is 11.0 Å². The summed E-state index contributed by atoms with van der Waals surface area (Å²) in [4.78, 5) is 12.2. The van der Waals surface area contributed by atoms with Crippen molar-refractivity contribution >= 4 is 34.1 Å². The van der Waals surface area contributed by atoms with Gasteiger partial charge in [-0.3, -0.25) is 4.79 Å². The van der Waals surface area contributed by atoms with Crippen molar-refractivity contribution in [3.05, 3.63) is 42.5 Å². The van der Waals surface area contributed by atoms with Gasteiger partial charge in [0.05, 0.1) is 12.4 Å². The van der Waals surface area contributed by atoms with E-state index in [1.54, 1.807) is 13.2 Å². The number of hydrogen-bond donors (Lipinski definition) is 2. The Bertz CT molecular complexity index is 688. The number of methoxy groups -OCH3 is 1. The highest BCUT2D eigenvalue weighted by molar-refractivity contribution is 8.02. The Kier molecular flexibility index (Phi) is 7.75. The lowest BCUT2D eigenvalue weighted by Crippen LogP contribution is -2.32. The second kappa shape index (κ2) is 10.0. The fourth-order valence-electron chi connectivity index (χ4n) is 1.96. The molecule has 0 spiro atoms. The highest BCUT2D eigenvalue weighted by Gasteiger charge is 2.16. The Labute approximate surface area is 156 Å². The Balaban J connectivity index is 1.73. The van der Waals surface area contributed by atoms with Crippen LogP contribution in [0.15, 0.2) is 41.3 Å². The van der Waals surface area contributed by atoms with Gasteiger partial charge in [-0.05, 0) is 31.0 Å². The van der Waals surface area contributed by atoms with Crippen molar-refractivity contribution in [1.29, 1.82) is 0 Å².